The molecule has 0 radical (unpaired) electrons. The fourth-order valence-electron chi connectivity index (χ4n) is 1.71. The second-order valence-electron chi connectivity index (χ2n) is 4.41. The SMILES string of the molecule is COC(=O)[C@H](CCSC)NC(=O)c1cccc(C(F)(F)F)c1. The van der Waals surface area contributed by atoms with E-state index in [4.69, 9.17) is 0 Å². The molecule has 1 amide bonds. The molecule has 0 fully saturated rings. The van der Waals surface area contributed by atoms with Crippen LogP contribution in [0.4, 0.5) is 13.2 Å². The van der Waals surface area contributed by atoms with Crippen LogP contribution in [0, 0.1) is 0 Å². The summed E-state index contributed by atoms with van der Waals surface area (Å²) in [6.07, 6.45) is -2.36. The lowest BCUT2D eigenvalue weighted by atomic mass is 10.1. The van der Waals surface area contributed by atoms with E-state index in [2.05, 4.69) is 10.1 Å². The van der Waals surface area contributed by atoms with Crippen molar-refractivity contribution in [2.75, 3.05) is 19.1 Å². The van der Waals surface area contributed by atoms with Gasteiger partial charge in [0.2, 0.25) is 0 Å². The predicted octanol–water partition coefficient (Wildman–Crippen LogP) is 2.73. The third-order valence-corrected chi connectivity index (χ3v) is 3.50. The van der Waals surface area contributed by atoms with E-state index in [0.717, 1.165) is 18.2 Å². The largest absolute Gasteiger partial charge is 0.467 e. The average Bonchev–Trinajstić information content (AvgIpc) is 2.49. The summed E-state index contributed by atoms with van der Waals surface area (Å²) in [6.45, 7) is 0. The predicted molar refractivity (Wildman–Crippen MR) is 77.7 cm³/mol. The molecule has 0 saturated heterocycles. The Morgan fingerprint density at radius 3 is 2.59 bits per heavy atom. The summed E-state index contributed by atoms with van der Waals surface area (Å²) in [4.78, 5) is 23.6. The summed E-state index contributed by atoms with van der Waals surface area (Å²) in [6, 6.07) is 3.14. The third kappa shape index (κ3) is 5.25. The van der Waals surface area contributed by atoms with Gasteiger partial charge in [0.15, 0.2) is 0 Å². The number of methoxy groups -OCH3 is 1. The van der Waals surface area contributed by atoms with Crippen molar-refractivity contribution in [1.82, 2.24) is 5.32 Å². The maximum atomic E-state index is 12.6. The molecular formula is C14H16F3NO3S. The Morgan fingerprint density at radius 2 is 2.05 bits per heavy atom. The molecule has 4 nitrogen and oxygen atoms in total. The molecule has 0 spiro atoms. The van der Waals surface area contributed by atoms with Gasteiger partial charge in [-0.15, -0.1) is 0 Å². The zero-order valence-corrected chi connectivity index (χ0v) is 12.9. The molecule has 0 bridgehead atoms. The summed E-state index contributed by atoms with van der Waals surface area (Å²) in [5.41, 5.74) is -1.08. The quantitative estimate of drug-likeness (QED) is 0.812. The second-order valence-corrected chi connectivity index (χ2v) is 5.39. The molecule has 0 unspecified atom stereocenters. The van der Waals surface area contributed by atoms with Crippen LogP contribution in [-0.2, 0) is 15.7 Å². The van der Waals surface area contributed by atoms with Crippen molar-refractivity contribution in [3.8, 4) is 0 Å². The highest BCUT2D eigenvalue weighted by Crippen LogP contribution is 2.29. The van der Waals surface area contributed by atoms with Crippen LogP contribution in [0.5, 0.6) is 0 Å². The van der Waals surface area contributed by atoms with E-state index in [-0.39, 0.29) is 5.56 Å². The highest BCUT2D eigenvalue weighted by Gasteiger charge is 2.31. The lowest BCUT2D eigenvalue weighted by molar-refractivity contribution is -0.143. The molecule has 1 aromatic carbocycles. The van der Waals surface area contributed by atoms with Crippen molar-refractivity contribution >= 4 is 23.6 Å². The molecular weight excluding hydrogens is 319 g/mol. The van der Waals surface area contributed by atoms with Gasteiger partial charge < -0.3 is 10.1 Å². The first-order chi connectivity index (χ1) is 10.3. The van der Waals surface area contributed by atoms with Gasteiger partial charge >= 0.3 is 12.1 Å². The fourth-order valence-corrected chi connectivity index (χ4v) is 2.18. The molecule has 8 heteroatoms. The van der Waals surface area contributed by atoms with Crippen molar-refractivity contribution in [3.05, 3.63) is 35.4 Å². The standard InChI is InChI=1S/C14H16F3NO3S/c1-21-13(20)11(6-7-22-2)18-12(19)9-4-3-5-10(8-9)14(15,16)17/h3-5,8,11H,6-7H2,1-2H3,(H,18,19)/t11-/m0/s1. The lowest BCUT2D eigenvalue weighted by Gasteiger charge is -2.16. The van der Waals surface area contributed by atoms with Gasteiger partial charge in [-0.05, 0) is 36.6 Å². The summed E-state index contributed by atoms with van der Waals surface area (Å²) >= 11 is 1.48. The van der Waals surface area contributed by atoms with Crippen LogP contribution in [0.15, 0.2) is 24.3 Å². The van der Waals surface area contributed by atoms with Gasteiger partial charge in [-0.1, -0.05) is 6.07 Å². The average molecular weight is 335 g/mol. The Balaban J connectivity index is 2.88. The van der Waals surface area contributed by atoms with Gasteiger partial charge in [0.1, 0.15) is 6.04 Å². The molecule has 1 atom stereocenters. The highest BCUT2D eigenvalue weighted by molar-refractivity contribution is 7.98. The van der Waals surface area contributed by atoms with Gasteiger partial charge in [-0.25, -0.2) is 4.79 Å². The molecule has 0 aliphatic carbocycles. The summed E-state index contributed by atoms with van der Waals surface area (Å²) in [7, 11) is 1.19. The molecule has 1 aromatic rings. The number of halogens is 3. The lowest BCUT2D eigenvalue weighted by Crippen LogP contribution is -2.42. The van der Waals surface area contributed by atoms with Gasteiger partial charge in [0.05, 0.1) is 12.7 Å². The van der Waals surface area contributed by atoms with E-state index in [9.17, 15) is 22.8 Å². The monoisotopic (exact) mass is 335 g/mol. The van der Waals surface area contributed by atoms with E-state index in [1.165, 1.54) is 24.9 Å². The minimum absolute atomic E-state index is 0.159. The zero-order chi connectivity index (χ0) is 16.8. The molecule has 0 aliphatic rings. The van der Waals surface area contributed by atoms with Crippen molar-refractivity contribution in [3.63, 3.8) is 0 Å². The number of carbonyl (C=O) groups excluding carboxylic acids is 2. The fraction of sp³-hybridized carbons (Fsp3) is 0.429. The molecule has 0 aromatic heterocycles. The number of ether oxygens (including phenoxy) is 1. The van der Waals surface area contributed by atoms with Gasteiger partial charge in [0, 0.05) is 5.56 Å². The number of thioether (sulfide) groups is 1. The van der Waals surface area contributed by atoms with Crippen molar-refractivity contribution in [2.45, 2.75) is 18.6 Å². The van der Waals surface area contributed by atoms with E-state index in [1.807, 2.05) is 6.26 Å². The van der Waals surface area contributed by atoms with E-state index < -0.39 is 29.7 Å². The minimum Gasteiger partial charge on any atom is -0.467 e. The summed E-state index contributed by atoms with van der Waals surface area (Å²) < 4.78 is 42.5. The number of alkyl halides is 3. The number of benzene rings is 1. The van der Waals surface area contributed by atoms with Crippen LogP contribution in [-0.4, -0.2) is 37.0 Å². The maximum absolute atomic E-state index is 12.6. The number of carbonyl (C=O) groups is 2. The van der Waals surface area contributed by atoms with E-state index in [1.54, 1.807) is 0 Å². The van der Waals surface area contributed by atoms with Crippen molar-refractivity contribution in [1.29, 1.82) is 0 Å². The third-order valence-electron chi connectivity index (χ3n) is 2.85. The Labute approximate surface area is 130 Å². The maximum Gasteiger partial charge on any atom is 0.416 e. The van der Waals surface area contributed by atoms with Crippen LogP contribution in [0.1, 0.15) is 22.3 Å². The van der Waals surface area contributed by atoms with Crippen LogP contribution < -0.4 is 5.32 Å². The summed E-state index contributed by atoms with van der Waals surface area (Å²) in [5, 5.41) is 2.40. The Kier molecular flexibility index (Phi) is 6.73. The molecule has 0 aliphatic heterocycles. The molecule has 122 valence electrons. The molecule has 22 heavy (non-hydrogen) atoms. The van der Waals surface area contributed by atoms with Crippen LogP contribution in [0.25, 0.3) is 0 Å². The normalized spacial score (nSPS) is 12.6. The van der Waals surface area contributed by atoms with E-state index >= 15 is 0 Å². The number of esters is 1. The van der Waals surface area contributed by atoms with Crippen LogP contribution >= 0.6 is 11.8 Å². The second kappa shape index (κ2) is 8.07. The van der Waals surface area contributed by atoms with Crippen molar-refractivity contribution < 1.29 is 27.5 Å². The van der Waals surface area contributed by atoms with Gasteiger partial charge in [0.25, 0.3) is 5.91 Å². The number of hydrogen-bond donors (Lipinski definition) is 1. The van der Waals surface area contributed by atoms with E-state index in [0.29, 0.717) is 12.2 Å². The number of amides is 1. The Bertz CT molecular complexity index is 534. The molecule has 1 N–H and O–H groups in total. The number of rotatable bonds is 6. The number of nitrogens with one attached hydrogen (secondary N) is 1. The molecule has 1 rings (SSSR count). The topological polar surface area (TPSA) is 55.4 Å². The van der Waals surface area contributed by atoms with Crippen molar-refractivity contribution in [2.24, 2.45) is 0 Å². The first-order valence-electron chi connectivity index (χ1n) is 6.34. The van der Waals surface area contributed by atoms with Gasteiger partial charge in [-0.2, -0.15) is 24.9 Å². The van der Waals surface area contributed by atoms with Gasteiger partial charge in [-0.3, -0.25) is 4.79 Å². The number of hydrogen-bond acceptors (Lipinski definition) is 4. The minimum atomic E-state index is -4.53. The molecule has 0 heterocycles. The zero-order valence-electron chi connectivity index (χ0n) is 12.1. The summed E-state index contributed by atoms with van der Waals surface area (Å²) in [5.74, 6) is -0.778. The Hall–Kier alpha value is -1.70. The molecule has 0 saturated carbocycles. The van der Waals surface area contributed by atoms with Crippen LogP contribution in [0.2, 0.25) is 0 Å². The van der Waals surface area contributed by atoms with Crippen LogP contribution in [0.3, 0.4) is 0 Å². The Morgan fingerprint density at radius 1 is 1.36 bits per heavy atom. The smallest absolute Gasteiger partial charge is 0.416 e. The highest BCUT2D eigenvalue weighted by atomic mass is 32.2. The first-order valence-corrected chi connectivity index (χ1v) is 7.74. The first kappa shape index (κ1) is 18.3.